The highest BCUT2D eigenvalue weighted by molar-refractivity contribution is 5.41. The molecule has 2 rings (SSSR count). The van der Waals surface area contributed by atoms with Crippen LogP contribution in [0.3, 0.4) is 0 Å². The summed E-state index contributed by atoms with van der Waals surface area (Å²) in [6.07, 6.45) is 2.76. The lowest BCUT2D eigenvalue weighted by Crippen LogP contribution is -2.59. The van der Waals surface area contributed by atoms with Crippen molar-refractivity contribution in [2.24, 2.45) is 5.92 Å². The third-order valence-electron chi connectivity index (χ3n) is 4.49. The minimum atomic E-state index is -0.235. The molecule has 1 aromatic rings. The van der Waals surface area contributed by atoms with E-state index in [1.165, 1.54) is 5.06 Å². The summed E-state index contributed by atoms with van der Waals surface area (Å²) in [5.74, 6) is 1.17. The van der Waals surface area contributed by atoms with Gasteiger partial charge in [-0.1, -0.05) is 6.07 Å². The van der Waals surface area contributed by atoms with E-state index >= 15 is 0 Å². The number of hydroxylamine groups is 2. The molecule has 0 amide bonds. The molecule has 0 spiro atoms. The maximum absolute atomic E-state index is 10.3. The fraction of sp³-hybridized carbons (Fsp3) is 0.647. The van der Waals surface area contributed by atoms with Crippen molar-refractivity contribution >= 4 is 0 Å². The van der Waals surface area contributed by atoms with Gasteiger partial charge in [0.2, 0.25) is 0 Å². The Kier molecular flexibility index (Phi) is 4.22. The number of phenolic OH excluding ortho intramolecular Hbond substituents is 1. The summed E-state index contributed by atoms with van der Waals surface area (Å²) in [6, 6.07) is 5.59. The van der Waals surface area contributed by atoms with Crippen molar-refractivity contribution in [3.05, 3.63) is 23.8 Å². The van der Waals surface area contributed by atoms with E-state index in [0.29, 0.717) is 11.7 Å². The molecule has 1 aromatic carbocycles. The Labute approximate surface area is 127 Å². The smallest absolute Gasteiger partial charge is 0.160 e. The molecule has 1 heterocycles. The standard InChI is InChI=1S/C17H27NO3/c1-16(2)10-13(11-17(3,4)18(16)20)8-12-6-7-15(21-5)14(19)9-12/h6-7,9,13,19-20H,8,10-11H2,1-5H3. The van der Waals surface area contributed by atoms with Crippen LogP contribution < -0.4 is 4.74 Å². The van der Waals surface area contributed by atoms with Crippen LogP contribution in [0.5, 0.6) is 11.5 Å². The Morgan fingerprint density at radius 3 is 2.24 bits per heavy atom. The first-order valence-electron chi connectivity index (χ1n) is 7.51. The van der Waals surface area contributed by atoms with Gasteiger partial charge >= 0.3 is 0 Å². The van der Waals surface area contributed by atoms with Crippen molar-refractivity contribution in [3.8, 4) is 11.5 Å². The Hall–Kier alpha value is -1.26. The fourth-order valence-corrected chi connectivity index (χ4v) is 3.82. The lowest BCUT2D eigenvalue weighted by molar-refractivity contribution is -0.250. The zero-order valence-electron chi connectivity index (χ0n) is 13.7. The predicted octanol–water partition coefficient (Wildman–Crippen LogP) is 3.60. The van der Waals surface area contributed by atoms with E-state index in [2.05, 4.69) is 27.7 Å². The molecular formula is C17H27NO3. The summed E-state index contributed by atoms with van der Waals surface area (Å²) >= 11 is 0. The maximum Gasteiger partial charge on any atom is 0.160 e. The van der Waals surface area contributed by atoms with Gasteiger partial charge in [-0.3, -0.25) is 0 Å². The minimum absolute atomic E-state index is 0.188. The van der Waals surface area contributed by atoms with Gasteiger partial charge in [0.05, 0.1) is 7.11 Å². The monoisotopic (exact) mass is 293 g/mol. The number of benzene rings is 1. The van der Waals surface area contributed by atoms with Gasteiger partial charge in [0.1, 0.15) is 0 Å². The van der Waals surface area contributed by atoms with E-state index in [0.717, 1.165) is 24.8 Å². The largest absolute Gasteiger partial charge is 0.504 e. The number of phenols is 1. The van der Waals surface area contributed by atoms with E-state index in [1.54, 1.807) is 13.2 Å². The second-order valence-electron chi connectivity index (χ2n) is 7.42. The molecule has 4 nitrogen and oxygen atoms in total. The van der Waals surface area contributed by atoms with E-state index in [-0.39, 0.29) is 16.8 Å². The fourth-order valence-electron chi connectivity index (χ4n) is 3.82. The van der Waals surface area contributed by atoms with Crippen LogP contribution in [0.2, 0.25) is 0 Å². The Morgan fingerprint density at radius 2 is 1.76 bits per heavy atom. The van der Waals surface area contributed by atoms with Crippen LogP contribution in [-0.4, -0.2) is 33.6 Å². The third kappa shape index (κ3) is 3.33. The highest BCUT2D eigenvalue weighted by atomic mass is 16.5. The van der Waals surface area contributed by atoms with Gasteiger partial charge < -0.3 is 15.1 Å². The molecule has 1 saturated heterocycles. The van der Waals surface area contributed by atoms with Gasteiger partial charge in [-0.2, -0.15) is 5.06 Å². The lowest BCUT2D eigenvalue weighted by Gasteiger charge is -2.51. The first-order chi connectivity index (χ1) is 9.65. The molecule has 0 aliphatic carbocycles. The summed E-state index contributed by atoms with van der Waals surface area (Å²) < 4.78 is 5.08. The van der Waals surface area contributed by atoms with Crippen LogP contribution >= 0.6 is 0 Å². The number of piperidine rings is 1. The van der Waals surface area contributed by atoms with Gasteiger partial charge in [0, 0.05) is 11.1 Å². The average Bonchev–Trinajstić information content (AvgIpc) is 2.35. The summed E-state index contributed by atoms with van der Waals surface area (Å²) in [6.45, 7) is 8.30. The van der Waals surface area contributed by atoms with Crippen LogP contribution in [0.15, 0.2) is 18.2 Å². The van der Waals surface area contributed by atoms with Gasteiger partial charge in [-0.15, -0.1) is 0 Å². The molecular weight excluding hydrogens is 266 g/mol. The van der Waals surface area contributed by atoms with Gasteiger partial charge in [0.15, 0.2) is 11.5 Å². The number of methoxy groups -OCH3 is 1. The highest BCUT2D eigenvalue weighted by Gasteiger charge is 2.44. The van der Waals surface area contributed by atoms with Gasteiger partial charge in [-0.05, 0) is 70.6 Å². The lowest BCUT2D eigenvalue weighted by atomic mass is 9.73. The molecule has 2 N–H and O–H groups in total. The SMILES string of the molecule is COc1ccc(CC2CC(C)(C)N(O)C(C)(C)C2)cc1O. The first-order valence-corrected chi connectivity index (χ1v) is 7.51. The number of hydrogen-bond acceptors (Lipinski definition) is 4. The maximum atomic E-state index is 10.3. The van der Waals surface area contributed by atoms with E-state index in [4.69, 9.17) is 4.74 Å². The summed E-state index contributed by atoms with van der Waals surface area (Å²) in [4.78, 5) is 0. The predicted molar refractivity (Wildman–Crippen MR) is 82.9 cm³/mol. The third-order valence-corrected chi connectivity index (χ3v) is 4.49. The molecule has 21 heavy (non-hydrogen) atoms. The van der Waals surface area contributed by atoms with Crippen molar-refractivity contribution in [1.29, 1.82) is 0 Å². The van der Waals surface area contributed by atoms with E-state index in [1.807, 2.05) is 12.1 Å². The normalized spacial score (nSPS) is 22.2. The van der Waals surface area contributed by atoms with Crippen molar-refractivity contribution in [1.82, 2.24) is 5.06 Å². The molecule has 0 aromatic heterocycles. The molecule has 1 aliphatic rings. The molecule has 118 valence electrons. The molecule has 0 atom stereocenters. The number of ether oxygens (including phenoxy) is 1. The number of rotatable bonds is 3. The molecule has 0 saturated carbocycles. The van der Waals surface area contributed by atoms with E-state index < -0.39 is 0 Å². The van der Waals surface area contributed by atoms with Crippen LogP contribution in [0.1, 0.15) is 46.1 Å². The van der Waals surface area contributed by atoms with Crippen LogP contribution in [-0.2, 0) is 6.42 Å². The molecule has 0 unspecified atom stereocenters. The zero-order chi connectivity index (χ0) is 15.8. The van der Waals surface area contributed by atoms with Gasteiger partial charge in [-0.25, -0.2) is 0 Å². The highest BCUT2D eigenvalue weighted by Crippen LogP contribution is 2.41. The number of aromatic hydroxyl groups is 1. The summed E-state index contributed by atoms with van der Waals surface area (Å²) in [7, 11) is 1.55. The summed E-state index contributed by atoms with van der Waals surface area (Å²) in [5.41, 5.74) is 0.637. The van der Waals surface area contributed by atoms with Crippen LogP contribution in [0, 0.1) is 5.92 Å². The van der Waals surface area contributed by atoms with Gasteiger partial charge in [0.25, 0.3) is 0 Å². The summed E-state index contributed by atoms with van der Waals surface area (Å²) in [5, 5.41) is 21.7. The minimum Gasteiger partial charge on any atom is -0.504 e. The first kappa shape index (κ1) is 16.1. The molecule has 0 bridgehead atoms. The Balaban J connectivity index is 2.15. The molecule has 4 heteroatoms. The van der Waals surface area contributed by atoms with E-state index in [9.17, 15) is 10.3 Å². The van der Waals surface area contributed by atoms with Crippen LogP contribution in [0.4, 0.5) is 0 Å². The number of hydrogen-bond donors (Lipinski definition) is 2. The average molecular weight is 293 g/mol. The molecule has 1 fully saturated rings. The number of nitrogens with zero attached hydrogens (tertiary/aromatic N) is 1. The van der Waals surface area contributed by atoms with Crippen molar-refractivity contribution in [2.75, 3.05) is 7.11 Å². The van der Waals surface area contributed by atoms with Crippen molar-refractivity contribution in [3.63, 3.8) is 0 Å². The van der Waals surface area contributed by atoms with Crippen molar-refractivity contribution < 1.29 is 15.1 Å². The second kappa shape index (κ2) is 5.50. The Bertz CT molecular complexity index is 493. The topological polar surface area (TPSA) is 52.9 Å². The molecule has 0 radical (unpaired) electrons. The van der Waals surface area contributed by atoms with Crippen molar-refractivity contribution in [2.45, 2.75) is 58.0 Å². The zero-order valence-corrected chi connectivity index (χ0v) is 13.7. The molecule has 1 aliphatic heterocycles. The quantitative estimate of drug-likeness (QED) is 0.894. The van der Waals surface area contributed by atoms with Crippen LogP contribution in [0.25, 0.3) is 0 Å². The second-order valence-corrected chi connectivity index (χ2v) is 7.42. The Morgan fingerprint density at radius 1 is 1.19 bits per heavy atom.